The molecule has 0 aliphatic carbocycles. The van der Waals surface area contributed by atoms with Gasteiger partial charge < -0.3 is 20.1 Å². The van der Waals surface area contributed by atoms with Gasteiger partial charge in [-0.05, 0) is 29.8 Å². The summed E-state index contributed by atoms with van der Waals surface area (Å²) in [5.74, 6) is -3.58. The molecule has 1 amide bonds. The molecule has 0 atom stereocenters. The van der Waals surface area contributed by atoms with Crippen molar-refractivity contribution in [2.75, 3.05) is 20.2 Å². The van der Waals surface area contributed by atoms with Crippen LogP contribution in [-0.2, 0) is 6.42 Å². The molecule has 1 saturated heterocycles. The van der Waals surface area contributed by atoms with Crippen LogP contribution in [0, 0.1) is 5.82 Å². The number of thiocarbonyl (C=S) groups is 1. The number of aromatic nitrogens is 1. The fraction of sp³-hybridized carbons (Fsp3) is 0.227. The lowest BCUT2D eigenvalue weighted by Gasteiger charge is -2.40. The molecule has 0 spiro atoms. The van der Waals surface area contributed by atoms with Gasteiger partial charge in [-0.1, -0.05) is 18.3 Å². The molecule has 0 radical (unpaired) electrons. The van der Waals surface area contributed by atoms with Crippen molar-refractivity contribution in [1.82, 2.24) is 9.88 Å². The Hall–Kier alpha value is -3.40. The third kappa shape index (κ3) is 4.31. The highest BCUT2D eigenvalue weighted by Gasteiger charge is 2.44. The topological polar surface area (TPSA) is 77.7 Å². The summed E-state index contributed by atoms with van der Waals surface area (Å²) < 4.78 is 51.7. The zero-order valence-electron chi connectivity index (χ0n) is 16.9. The Labute approximate surface area is 186 Å². The second-order valence-corrected chi connectivity index (χ2v) is 7.86. The van der Waals surface area contributed by atoms with Crippen molar-refractivity contribution < 1.29 is 27.4 Å². The molecule has 0 unspecified atom stereocenters. The Balaban J connectivity index is 1.57. The van der Waals surface area contributed by atoms with Gasteiger partial charge >= 0.3 is 0 Å². The van der Waals surface area contributed by atoms with Gasteiger partial charge in [0.05, 0.1) is 36.3 Å². The lowest BCUT2D eigenvalue weighted by molar-refractivity contribution is -0.100. The van der Waals surface area contributed by atoms with Crippen LogP contribution >= 0.6 is 12.2 Å². The lowest BCUT2D eigenvalue weighted by atomic mass is 10.1. The average Bonchev–Trinajstić information content (AvgIpc) is 2.72. The summed E-state index contributed by atoms with van der Waals surface area (Å²) in [7, 11) is 1.41. The number of benzene rings is 2. The second-order valence-electron chi connectivity index (χ2n) is 7.39. The minimum atomic E-state index is -2.72. The van der Waals surface area contributed by atoms with Crippen LogP contribution in [0.2, 0.25) is 0 Å². The van der Waals surface area contributed by atoms with Gasteiger partial charge in [-0.15, -0.1) is 0 Å². The number of carbonyl (C=O) groups excluding carboxylic acids is 1. The molecule has 1 fully saturated rings. The molecule has 1 aromatic heterocycles. The van der Waals surface area contributed by atoms with Gasteiger partial charge in [-0.3, -0.25) is 9.78 Å². The zero-order chi connectivity index (χ0) is 23.0. The van der Waals surface area contributed by atoms with E-state index in [4.69, 9.17) is 27.4 Å². The third-order valence-electron chi connectivity index (χ3n) is 5.06. The van der Waals surface area contributed by atoms with Gasteiger partial charge in [0, 0.05) is 24.1 Å². The first-order valence-corrected chi connectivity index (χ1v) is 9.96. The van der Waals surface area contributed by atoms with Crippen molar-refractivity contribution in [2.24, 2.45) is 5.73 Å². The highest BCUT2D eigenvalue weighted by atomic mass is 32.1. The van der Waals surface area contributed by atoms with Crippen LogP contribution in [0.25, 0.3) is 10.9 Å². The van der Waals surface area contributed by atoms with Crippen molar-refractivity contribution in [2.45, 2.75) is 12.3 Å². The first kappa shape index (κ1) is 21.8. The molecule has 6 nitrogen and oxygen atoms in total. The smallest absolute Gasteiger partial charge is 0.282 e. The van der Waals surface area contributed by atoms with Crippen LogP contribution in [-0.4, -0.2) is 46.9 Å². The van der Waals surface area contributed by atoms with Crippen LogP contribution in [0.15, 0.2) is 42.6 Å². The number of likely N-dealkylation sites (tertiary alicyclic amines) is 1. The second kappa shape index (κ2) is 8.27. The van der Waals surface area contributed by atoms with Crippen molar-refractivity contribution >= 4 is 34.0 Å². The molecule has 4 rings (SSSR count). The van der Waals surface area contributed by atoms with Crippen molar-refractivity contribution in [1.29, 1.82) is 0 Å². The standard InChI is InChI=1S/C22H18F3N3O3S/c1-30-19-9-16-13(8-14(19)21(26)29)17(4-5-27-16)31-18-3-2-12(6-15(18)23)7-20(32)28-10-22(24,25)11-28/h2-6,8-9H,7,10-11H2,1H3,(H2,26,29). The Morgan fingerprint density at radius 2 is 1.94 bits per heavy atom. The number of nitrogens with two attached hydrogens (primary N) is 1. The van der Waals surface area contributed by atoms with E-state index in [-0.39, 0.29) is 29.2 Å². The molecule has 3 aromatic rings. The number of methoxy groups -OCH3 is 1. The SMILES string of the molecule is COc1cc2nccc(Oc3ccc(CC(=S)N4CC(F)(F)C4)cc3F)c2cc1C(N)=O. The molecule has 2 N–H and O–H groups in total. The van der Waals surface area contributed by atoms with E-state index in [2.05, 4.69) is 4.98 Å². The van der Waals surface area contributed by atoms with E-state index in [1.807, 2.05) is 0 Å². The zero-order valence-corrected chi connectivity index (χ0v) is 17.7. The fourth-order valence-corrected chi connectivity index (χ4v) is 3.72. The van der Waals surface area contributed by atoms with Crippen LogP contribution < -0.4 is 15.2 Å². The average molecular weight is 461 g/mol. The minimum Gasteiger partial charge on any atom is -0.496 e. The normalized spacial score (nSPS) is 14.7. The number of hydrogen-bond acceptors (Lipinski definition) is 5. The third-order valence-corrected chi connectivity index (χ3v) is 5.46. The summed E-state index contributed by atoms with van der Waals surface area (Å²) in [6.45, 7) is -0.828. The van der Waals surface area contributed by atoms with E-state index >= 15 is 0 Å². The largest absolute Gasteiger partial charge is 0.496 e. The number of rotatable bonds is 6. The van der Waals surface area contributed by atoms with E-state index in [1.165, 1.54) is 42.5 Å². The van der Waals surface area contributed by atoms with Gasteiger partial charge in [0.15, 0.2) is 11.6 Å². The number of nitrogens with zero attached hydrogens (tertiary/aromatic N) is 2. The Kier molecular flexibility index (Phi) is 5.64. The van der Waals surface area contributed by atoms with Gasteiger partial charge in [0.2, 0.25) is 0 Å². The molecular weight excluding hydrogens is 443 g/mol. The maximum Gasteiger partial charge on any atom is 0.282 e. The van der Waals surface area contributed by atoms with Gasteiger partial charge in [-0.2, -0.15) is 0 Å². The number of halogens is 3. The molecule has 1 aliphatic heterocycles. The van der Waals surface area contributed by atoms with Crippen LogP contribution in [0.5, 0.6) is 17.2 Å². The number of primary amides is 1. The van der Waals surface area contributed by atoms with E-state index < -0.39 is 30.7 Å². The van der Waals surface area contributed by atoms with Gasteiger partial charge in [0.1, 0.15) is 11.5 Å². The first-order chi connectivity index (χ1) is 15.2. The van der Waals surface area contributed by atoms with Crippen molar-refractivity contribution in [3.8, 4) is 17.2 Å². The molecule has 1 aliphatic rings. The van der Waals surface area contributed by atoms with E-state index in [0.29, 0.717) is 21.5 Å². The summed E-state index contributed by atoms with van der Waals surface area (Å²) in [6, 6.07) is 8.86. The van der Waals surface area contributed by atoms with Gasteiger partial charge in [0.25, 0.3) is 11.8 Å². The Morgan fingerprint density at radius 3 is 2.56 bits per heavy atom. The van der Waals surface area contributed by atoms with Crippen LogP contribution in [0.4, 0.5) is 13.2 Å². The van der Waals surface area contributed by atoms with Crippen molar-refractivity contribution in [3.05, 3.63) is 59.5 Å². The number of amides is 1. The molecule has 32 heavy (non-hydrogen) atoms. The predicted octanol–water partition coefficient (Wildman–Crippen LogP) is 4.09. The maximum absolute atomic E-state index is 14.7. The quantitative estimate of drug-likeness (QED) is 0.557. The molecule has 166 valence electrons. The molecule has 0 saturated carbocycles. The number of fused-ring (bicyclic) bond motifs is 1. The molecule has 10 heteroatoms. The minimum absolute atomic E-state index is 0.0564. The maximum atomic E-state index is 14.7. The van der Waals surface area contributed by atoms with Crippen LogP contribution in [0.1, 0.15) is 15.9 Å². The summed E-state index contributed by atoms with van der Waals surface area (Å²) >= 11 is 5.18. The van der Waals surface area contributed by atoms with E-state index in [1.54, 1.807) is 12.1 Å². The molecule has 0 bridgehead atoms. The number of alkyl halides is 2. The van der Waals surface area contributed by atoms with Gasteiger partial charge in [-0.25, -0.2) is 13.2 Å². The lowest BCUT2D eigenvalue weighted by Crippen LogP contribution is -2.58. The highest BCUT2D eigenvalue weighted by molar-refractivity contribution is 7.80. The van der Waals surface area contributed by atoms with E-state index in [9.17, 15) is 18.0 Å². The Morgan fingerprint density at radius 1 is 1.19 bits per heavy atom. The van der Waals surface area contributed by atoms with Crippen LogP contribution in [0.3, 0.4) is 0 Å². The summed E-state index contributed by atoms with van der Waals surface area (Å²) in [4.78, 5) is 17.7. The Bertz CT molecular complexity index is 1230. The first-order valence-electron chi connectivity index (χ1n) is 9.55. The summed E-state index contributed by atoms with van der Waals surface area (Å²) in [5, 5.41) is 0.450. The highest BCUT2D eigenvalue weighted by Crippen LogP contribution is 2.34. The number of hydrogen-bond donors (Lipinski definition) is 1. The number of carbonyl (C=O) groups is 1. The summed E-state index contributed by atoms with van der Waals surface area (Å²) in [5.41, 5.74) is 6.56. The number of pyridine rings is 1. The predicted molar refractivity (Wildman–Crippen MR) is 116 cm³/mol. The summed E-state index contributed by atoms with van der Waals surface area (Å²) in [6.07, 6.45) is 1.65. The fourth-order valence-electron chi connectivity index (χ4n) is 3.43. The van der Waals surface area contributed by atoms with E-state index in [0.717, 1.165) is 0 Å². The molecule has 2 aromatic carbocycles. The molecular formula is C22H18F3N3O3S. The van der Waals surface area contributed by atoms with Crippen molar-refractivity contribution in [3.63, 3.8) is 0 Å². The number of ether oxygens (including phenoxy) is 2. The molecule has 2 heterocycles. The monoisotopic (exact) mass is 461 g/mol.